The number of hydrogen-bond acceptors (Lipinski definition) is 2. The molecule has 1 aromatic carbocycles. The van der Waals surface area contributed by atoms with E-state index in [-0.39, 0.29) is 12.4 Å². The van der Waals surface area contributed by atoms with E-state index < -0.39 is 0 Å². The molecule has 0 aromatic heterocycles. The van der Waals surface area contributed by atoms with Crippen molar-refractivity contribution < 1.29 is 9.50 Å². The highest BCUT2D eigenvalue weighted by atomic mass is 19.1. The highest BCUT2D eigenvalue weighted by Gasteiger charge is 2.00. The van der Waals surface area contributed by atoms with Crippen molar-refractivity contribution in [3.05, 3.63) is 35.1 Å². The van der Waals surface area contributed by atoms with Crippen LogP contribution in [0.5, 0.6) is 0 Å². The van der Waals surface area contributed by atoms with Crippen LogP contribution in [-0.4, -0.2) is 18.3 Å². The molecule has 0 saturated carbocycles. The minimum Gasteiger partial charge on any atom is -0.396 e. The predicted octanol–water partition coefficient (Wildman–Crippen LogP) is 2.63. The van der Waals surface area contributed by atoms with E-state index in [0.29, 0.717) is 18.0 Å². The molecular formula is C14H22FNO. The molecule has 2 nitrogen and oxygen atoms in total. The SMILES string of the molecule is Cc1ccc(CNCCCC(C)CO)cc1F. The third kappa shape index (κ3) is 5.29. The molecule has 3 heteroatoms. The van der Waals surface area contributed by atoms with Gasteiger partial charge >= 0.3 is 0 Å². The predicted molar refractivity (Wildman–Crippen MR) is 68.3 cm³/mol. The zero-order chi connectivity index (χ0) is 12.7. The first kappa shape index (κ1) is 14.1. The van der Waals surface area contributed by atoms with Crippen LogP contribution < -0.4 is 5.32 Å². The van der Waals surface area contributed by atoms with Gasteiger partial charge in [-0.3, -0.25) is 0 Å². The second-order valence-electron chi connectivity index (χ2n) is 4.69. The molecule has 0 heterocycles. The van der Waals surface area contributed by atoms with Crippen LogP contribution in [-0.2, 0) is 6.54 Å². The van der Waals surface area contributed by atoms with Gasteiger partial charge in [-0.1, -0.05) is 19.1 Å². The average molecular weight is 239 g/mol. The number of halogens is 1. The van der Waals surface area contributed by atoms with E-state index in [2.05, 4.69) is 5.32 Å². The van der Waals surface area contributed by atoms with Crippen LogP contribution in [0.1, 0.15) is 30.9 Å². The normalized spacial score (nSPS) is 12.7. The molecule has 1 aromatic rings. The molecule has 0 fully saturated rings. The molecule has 0 spiro atoms. The minimum atomic E-state index is -0.141. The topological polar surface area (TPSA) is 32.3 Å². The third-order valence-electron chi connectivity index (χ3n) is 2.93. The fourth-order valence-corrected chi connectivity index (χ4v) is 1.65. The van der Waals surface area contributed by atoms with Gasteiger partial charge in [0, 0.05) is 13.2 Å². The number of rotatable bonds is 7. The van der Waals surface area contributed by atoms with Gasteiger partial charge in [0.2, 0.25) is 0 Å². The van der Waals surface area contributed by atoms with Gasteiger partial charge in [-0.05, 0) is 49.4 Å². The maximum atomic E-state index is 13.3. The molecule has 0 amide bonds. The maximum absolute atomic E-state index is 13.3. The molecule has 1 rings (SSSR count). The molecule has 0 radical (unpaired) electrons. The summed E-state index contributed by atoms with van der Waals surface area (Å²) >= 11 is 0. The van der Waals surface area contributed by atoms with Gasteiger partial charge in [0.15, 0.2) is 0 Å². The zero-order valence-corrected chi connectivity index (χ0v) is 10.7. The molecule has 0 aliphatic heterocycles. The fraction of sp³-hybridized carbons (Fsp3) is 0.571. The Morgan fingerprint density at radius 1 is 1.41 bits per heavy atom. The number of aliphatic hydroxyl groups is 1. The number of aryl methyl sites for hydroxylation is 1. The van der Waals surface area contributed by atoms with Crippen molar-refractivity contribution >= 4 is 0 Å². The molecule has 0 saturated heterocycles. The van der Waals surface area contributed by atoms with E-state index in [1.807, 2.05) is 13.0 Å². The highest BCUT2D eigenvalue weighted by molar-refractivity contribution is 5.23. The van der Waals surface area contributed by atoms with Crippen molar-refractivity contribution in [3.63, 3.8) is 0 Å². The summed E-state index contributed by atoms with van der Waals surface area (Å²) in [5.41, 5.74) is 1.66. The first-order valence-electron chi connectivity index (χ1n) is 6.20. The van der Waals surface area contributed by atoms with Crippen LogP contribution in [0.2, 0.25) is 0 Å². The molecular weight excluding hydrogens is 217 g/mol. The van der Waals surface area contributed by atoms with E-state index in [0.717, 1.165) is 24.9 Å². The Hall–Kier alpha value is -0.930. The molecule has 0 aliphatic rings. The lowest BCUT2D eigenvalue weighted by molar-refractivity contribution is 0.228. The second-order valence-corrected chi connectivity index (χ2v) is 4.69. The highest BCUT2D eigenvalue weighted by Crippen LogP contribution is 2.09. The summed E-state index contributed by atoms with van der Waals surface area (Å²) in [6.45, 7) is 5.66. The summed E-state index contributed by atoms with van der Waals surface area (Å²) in [6, 6.07) is 5.33. The van der Waals surface area contributed by atoms with E-state index in [9.17, 15) is 4.39 Å². The van der Waals surface area contributed by atoms with E-state index in [1.165, 1.54) is 0 Å². The number of aliphatic hydroxyl groups excluding tert-OH is 1. The summed E-state index contributed by atoms with van der Waals surface area (Å²) in [5, 5.41) is 12.1. The van der Waals surface area contributed by atoms with Gasteiger partial charge in [-0.2, -0.15) is 0 Å². The standard InChI is InChI=1S/C14H22FNO/c1-11(10-17)4-3-7-16-9-13-6-5-12(2)14(15)8-13/h5-6,8,11,16-17H,3-4,7,9-10H2,1-2H3. The average Bonchev–Trinajstić information content (AvgIpc) is 2.33. The fourth-order valence-electron chi connectivity index (χ4n) is 1.65. The quantitative estimate of drug-likeness (QED) is 0.717. The van der Waals surface area contributed by atoms with Crippen LogP contribution in [0.25, 0.3) is 0 Å². The number of benzene rings is 1. The zero-order valence-electron chi connectivity index (χ0n) is 10.7. The van der Waals surface area contributed by atoms with Crippen LogP contribution in [0.3, 0.4) is 0 Å². The minimum absolute atomic E-state index is 0.141. The Morgan fingerprint density at radius 3 is 2.82 bits per heavy atom. The van der Waals surface area contributed by atoms with Crippen molar-refractivity contribution in [3.8, 4) is 0 Å². The smallest absolute Gasteiger partial charge is 0.126 e. The molecule has 1 atom stereocenters. The van der Waals surface area contributed by atoms with Crippen LogP contribution in [0.4, 0.5) is 4.39 Å². The van der Waals surface area contributed by atoms with Gasteiger partial charge in [0.25, 0.3) is 0 Å². The molecule has 0 aliphatic carbocycles. The second kappa shape index (κ2) is 7.41. The molecule has 2 N–H and O–H groups in total. The van der Waals surface area contributed by atoms with Gasteiger partial charge in [0.1, 0.15) is 5.82 Å². The van der Waals surface area contributed by atoms with Gasteiger partial charge in [-0.25, -0.2) is 4.39 Å². The Bertz CT molecular complexity index is 341. The summed E-state index contributed by atoms with van der Waals surface area (Å²) in [6.07, 6.45) is 2.06. The van der Waals surface area contributed by atoms with Crippen molar-refractivity contribution in [2.45, 2.75) is 33.2 Å². The lowest BCUT2D eigenvalue weighted by atomic mass is 10.1. The van der Waals surface area contributed by atoms with Crippen LogP contribution in [0, 0.1) is 18.7 Å². The van der Waals surface area contributed by atoms with Gasteiger partial charge in [-0.15, -0.1) is 0 Å². The Labute approximate surface area is 103 Å². The lowest BCUT2D eigenvalue weighted by Gasteiger charge is -2.08. The lowest BCUT2D eigenvalue weighted by Crippen LogP contribution is -2.16. The summed E-state index contributed by atoms with van der Waals surface area (Å²) in [4.78, 5) is 0. The van der Waals surface area contributed by atoms with Crippen molar-refractivity contribution in [1.29, 1.82) is 0 Å². The number of nitrogens with one attached hydrogen (secondary N) is 1. The molecule has 96 valence electrons. The molecule has 17 heavy (non-hydrogen) atoms. The van der Waals surface area contributed by atoms with Crippen LogP contribution >= 0.6 is 0 Å². The Morgan fingerprint density at radius 2 is 2.18 bits per heavy atom. The molecule has 0 bridgehead atoms. The van der Waals surface area contributed by atoms with Gasteiger partial charge in [0.05, 0.1) is 0 Å². The third-order valence-corrected chi connectivity index (χ3v) is 2.93. The number of hydrogen-bond donors (Lipinski definition) is 2. The molecule has 1 unspecified atom stereocenters. The van der Waals surface area contributed by atoms with E-state index in [4.69, 9.17) is 5.11 Å². The summed E-state index contributed by atoms with van der Waals surface area (Å²) in [5.74, 6) is 0.229. The first-order valence-corrected chi connectivity index (χ1v) is 6.20. The monoisotopic (exact) mass is 239 g/mol. The van der Waals surface area contributed by atoms with Crippen molar-refractivity contribution in [2.75, 3.05) is 13.2 Å². The largest absolute Gasteiger partial charge is 0.396 e. The van der Waals surface area contributed by atoms with Crippen molar-refractivity contribution in [2.24, 2.45) is 5.92 Å². The van der Waals surface area contributed by atoms with Crippen LogP contribution in [0.15, 0.2) is 18.2 Å². The first-order chi connectivity index (χ1) is 8.13. The van der Waals surface area contributed by atoms with Crippen molar-refractivity contribution in [1.82, 2.24) is 5.32 Å². The Balaban J connectivity index is 2.20. The summed E-state index contributed by atoms with van der Waals surface area (Å²) < 4.78 is 13.3. The maximum Gasteiger partial charge on any atom is 0.126 e. The van der Waals surface area contributed by atoms with Gasteiger partial charge < -0.3 is 10.4 Å². The van der Waals surface area contributed by atoms with E-state index >= 15 is 0 Å². The summed E-state index contributed by atoms with van der Waals surface area (Å²) in [7, 11) is 0. The Kier molecular flexibility index (Phi) is 6.16. The van der Waals surface area contributed by atoms with E-state index in [1.54, 1.807) is 19.1 Å².